The number of hydrogen-bond acceptors (Lipinski definition) is 3. The van der Waals surface area contributed by atoms with E-state index in [-0.39, 0.29) is 5.92 Å². The van der Waals surface area contributed by atoms with Crippen LogP contribution in [-0.2, 0) is 4.74 Å². The molecule has 1 aromatic carbocycles. The van der Waals surface area contributed by atoms with E-state index in [0.717, 1.165) is 31.9 Å². The molecular formula is C16H22N2O. The molecule has 3 heteroatoms. The van der Waals surface area contributed by atoms with Gasteiger partial charge < -0.3 is 9.64 Å². The van der Waals surface area contributed by atoms with Crippen LogP contribution in [0.2, 0.25) is 0 Å². The number of likely N-dealkylation sites (N-methyl/N-ethyl adjacent to an activating group) is 1. The van der Waals surface area contributed by atoms with Gasteiger partial charge in [-0.25, -0.2) is 0 Å². The Kier molecular flexibility index (Phi) is 5.38. The highest BCUT2D eigenvalue weighted by molar-refractivity contribution is 5.25. The van der Waals surface area contributed by atoms with Gasteiger partial charge in [0.2, 0.25) is 0 Å². The van der Waals surface area contributed by atoms with Gasteiger partial charge in [0, 0.05) is 19.7 Å². The Morgan fingerprint density at radius 3 is 2.84 bits per heavy atom. The average Bonchev–Trinajstić information content (AvgIpc) is 2.47. The molecule has 0 aromatic heterocycles. The van der Waals surface area contributed by atoms with Gasteiger partial charge in [-0.15, -0.1) is 0 Å². The molecule has 2 unspecified atom stereocenters. The third-order valence-electron chi connectivity index (χ3n) is 3.68. The fraction of sp³-hybridized carbons (Fsp3) is 0.562. The lowest BCUT2D eigenvalue weighted by Crippen LogP contribution is -2.33. The molecule has 0 bridgehead atoms. The third kappa shape index (κ3) is 4.34. The summed E-state index contributed by atoms with van der Waals surface area (Å²) < 4.78 is 5.51. The van der Waals surface area contributed by atoms with E-state index in [9.17, 15) is 5.26 Å². The van der Waals surface area contributed by atoms with Gasteiger partial charge in [-0.05, 0) is 31.4 Å². The number of ether oxygens (including phenoxy) is 1. The Balaban J connectivity index is 1.86. The van der Waals surface area contributed by atoms with Crippen molar-refractivity contribution in [2.45, 2.75) is 18.8 Å². The maximum absolute atomic E-state index is 9.33. The zero-order chi connectivity index (χ0) is 13.5. The third-order valence-corrected chi connectivity index (χ3v) is 3.68. The summed E-state index contributed by atoms with van der Waals surface area (Å²) in [6, 6.07) is 12.5. The zero-order valence-electron chi connectivity index (χ0n) is 11.6. The van der Waals surface area contributed by atoms with Crippen LogP contribution in [0.25, 0.3) is 0 Å². The van der Waals surface area contributed by atoms with Gasteiger partial charge in [-0.1, -0.05) is 30.3 Å². The predicted molar refractivity (Wildman–Crippen MR) is 75.8 cm³/mol. The summed E-state index contributed by atoms with van der Waals surface area (Å²) in [7, 11) is 2.10. The monoisotopic (exact) mass is 258 g/mol. The molecule has 19 heavy (non-hydrogen) atoms. The van der Waals surface area contributed by atoms with Gasteiger partial charge in [0.1, 0.15) is 0 Å². The second-order valence-corrected chi connectivity index (χ2v) is 5.40. The van der Waals surface area contributed by atoms with Crippen molar-refractivity contribution in [1.82, 2.24) is 4.90 Å². The SMILES string of the molecule is CN(CC1CCCOC1)CC(C#N)c1ccccc1. The molecule has 1 aliphatic rings. The first kappa shape index (κ1) is 14.0. The molecule has 1 fully saturated rings. The molecule has 1 aliphatic heterocycles. The summed E-state index contributed by atoms with van der Waals surface area (Å²) >= 11 is 0. The fourth-order valence-corrected chi connectivity index (χ4v) is 2.68. The van der Waals surface area contributed by atoms with Crippen LogP contribution < -0.4 is 0 Å². The molecule has 3 nitrogen and oxygen atoms in total. The number of hydrogen-bond donors (Lipinski definition) is 0. The largest absolute Gasteiger partial charge is 0.381 e. The zero-order valence-corrected chi connectivity index (χ0v) is 11.6. The van der Waals surface area contributed by atoms with Crippen molar-refractivity contribution in [3.05, 3.63) is 35.9 Å². The molecule has 1 aromatic rings. The van der Waals surface area contributed by atoms with Crippen LogP contribution in [0.1, 0.15) is 24.3 Å². The molecule has 0 radical (unpaired) electrons. The van der Waals surface area contributed by atoms with Crippen LogP contribution in [-0.4, -0.2) is 38.3 Å². The van der Waals surface area contributed by atoms with Gasteiger partial charge >= 0.3 is 0 Å². The molecule has 0 spiro atoms. The van der Waals surface area contributed by atoms with Crippen LogP contribution in [0.5, 0.6) is 0 Å². The minimum atomic E-state index is -0.0456. The van der Waals surface area contributed by atoms with Gasteiger partial charge in [0.05, 0.1) is 18.6 Å². The lowest BCUT2D eigenvalue weighted by molar-refractivity contribution is 0.0418. The fourth-order valence-electron chi connectivity index (χ4n) is 2.68. The van der Waals surface area contributed by atoms with Crippen molar-refractivity contribution in [3.63, 3.8) is 0 Å². The molecule has 2 rings (SSSR count). The molecule has 1 saturated heterocycles. The number of nitrogens with zero attached hydrogens (tertiary/aromatic N) is 2. The first-order valence-electron chi connectivity index (χ1n) is 7.00. The predicted octanol–water partition coefficient (Wildman–Crippen LogP) is 2.65. The second-order valence-electron chi connectivity index (χ2n) is 5.40. The van der Waals surface area contributed by atoms with Gasteiger partial charge in [0.15, 0.2) is 0 Å². The van der Waals surface area contributed by atoms with E-state index >= 15 is 0 Å². The highest BCUT2D eigenvalue weighted by Crippen LogP contribution is 2.18. The van der Waals surface area contributed by atoms with Crippen molar-refractivity contribution >= 4 is 0 Å². The Hall–Kier alpha value is -1.37. The lowest BCUT2D eigenvalue weighted by atomic mass is 9.98. The summed E-state index contributed by atoms with van der Waals surface area (Å²) in [5.74, 6) is 0.574. The second kappa shape index (κ2) is 7.28. The molecule has 0 saturated carbocycles. The maximum atomic E-state index is 9.33. The molecule has 102 valence electrons. The van der Waals surface area contributed by atoms with E-state index in [1.165, 1.54) is 12.8 Å². The van der Waals surface area contributed by atoms with E-state index in [1.807, 2.05) is 30.3 Å². The van der Waals surface area contributed by atoms with E-state index < -0.39 is 0 Å². The molecular weight excluding hydrogens is 236 g/mol. The Morgan fingerprint density at radius 2 is 2.21 bits per heavy atom. The minimum Gasteiger partial charge on any atom is -0.381 e. The maximum Gasteiger partial charge on any atom is 0.0839 e. The highest BCUT2D eigenvalue weighted by atomic mass is 16.5. The van der Waals surface area contributed by atoms with Crippen molar-refractivity contribution in [3.8, 4) is 6.07 Å². The molecule has 1 heterocycles. The van der Waals surface area contributed by atoms with E-state index in [0.29, 0.717) is 5.92 Å². The number of benzene rings is 1. The van der Waals surface area contributed by atoms with Gasteiger partial charge in [0.25, 0.3) is 0 Å². The smallest absolute Gasteiger partial charge is 0.0839 e. The van der Waals surface area contributed by atoms with E-state index in [1.54, 1.807) is 0 Å². The van der Waals surface area contributed by atoms with Crippen molar-refractivity contribution < 1.29 is 4.74 Å². The molecule has 0 amide bonds. The molecule has 0 N–H and O–H groups in total. The Labute approximate surface area is 115 Å². The Morgan fingerprint density at radius 1 is 1.42 bits per heavy atom. The number of nitriles is 1. The summed E-state index contributed by atoms with van der Waals surface area (Å²) in [6.45, 7) is 3.58. The standard InChI is InChI=1S/C16H22N2O/c1-18(11-14-6-5-9-19-13-14)12-16(10-17)15-7-3-2-4-8-15/h2-4,7-8,14,16H,5-6,9,11-13H2,1H3. The van der Waals surface area contributed by atoms with E-state index in [2.05, 4.69) is 18.0 Å². The van der Waals surface area contributed by atoms with E-state index in [4.69, 9.17) is 4.74 Å². The highest BCUT2D eigenvalue weighted by Gasteiger charge is 2.18. The summed E-state index contributed by atoms with van der Waals surface area (Å²) in [5, 5.41) is 9.33. The summed E-state index contributed by atoms with van der Waals surface area (Å²) in [4.78, 5) is 2.26. The first-order valence-corrected chi connectivity index (χ1v) is 7.00. The summed E-state index contributed by atoms with van der Waals surface area (Å²) in [6.07, 6.45) is 2.41. The van der Waals surface area contributed by atoms with Crippen molar-refractivity contribution in [2.75, 3.05) is 33.4 Å². The summed E-state index contributed by atoms with van der Waals surface area (Å²) in [5.41, 5.74) is 1.11. The van der Waals surface area contributed by atoms with Crippen LogP contribution in [0.4, 0.5) is 0 Å². The normalized spacial score (nSPS) is 21.0. The van der Waals surface area contributed by atoms with Crippen LogP contribution >= 0.6 is 0 Å². The Bertz CT molecular complexity index is 407. The molecule has 2 atom stereocenters. The van der Waals surface area contributed by atoms with Crippen molar-refractivity contribution in [2.24, 2.45) is 5.92 Å². The number of rotatable bonds is 5. The van der Waals surface area contributed by atoms with Crippen LogP contribution in [0, 0.1) is 17.2 Å². The topological polar surface area (TPSA) is 36.3 Å². The van der Waals surface area contributed by atoms with Crippen molar-refractivity contribution in [1.29, 1.82) is 5.26 Å². The van der Waals surface area contributed by atoms with Crippen LogP contribution in [0.15, 0.2) is 30.3 Å². The van der Waals surface area contributed by atoms with Crippen LogP contribution in [0.3, 0.4) is 0 Å². The average molecular weight is 258 g/mol. The first-order chi connectivity index (χ1) is 9.29. The van der Waals surface area contributed by atoms with Gasteiger partial charge in [-0.2, -0.15) is 5.26 Å². The lowest BCUT2D eigenvalue weighted by Gasteiger charge is -2.28. The molecule has 0 aliphatic carbocycles. The quantitative estimate of drug-likeness (QED) is 0.814. The van der Waals surface area contributed by atoms with Gasteiger partial charge in [-0.3, -0.25) is 0 Å². The minimum absolute atomic E-state index is 0.0456.